The summed E-state index contributed by atoms with van der Waals surface area (Å²) in [5.41, 5.74) is 3.59. The molecule has 0 bridgehead atoms. The summed E-state index contributed by atoms with van der Waals surface area (Å²) in [6.07, 6.45) is 1.69. The van der Waals surface area contributed by atoms with Crippen molar-refractivity contribution in [3.05, 3.63) is 53.6 Å². The van der Waals surface area contributed by atoms with Gasteiger partial charge in [0, 0.05) is 31.6 Å². The topological polar surface area (TPSA) is 35.8 Å². The number of phenols is 1. The molecule has 0 aliphatic rings. The number of hydrogen-bond acceptors (Lipinski definition) is 3. The average molecular weight is 416 g/mol. The fraction of sp³-hybridized carbons (Fsp3) is 0.188. The van der Waals surface area contributed by atoms with Crippen LogP contribution < -0.4 is 4.90 Å². The molecule has 1 N–H and O–H groups in total. The minimum atomic E-state index is -0.826. The second-order valence-corrected chi connectivity index (χ2v) is 8.48. The van der Waals surface area contributed by atoms with Crippen molar-refractivity contribution in [1.29, 1.82) is 0 Å². The van der Waals surface area contributed by atoms with Gasteiger partial charge in [-0.2, -0.15) is 0 Å². The van der Waals surface area contributed by atoms with E-state index in [2.05, 4.69) is 4.99 Å². The molecular weight excluding hydrogens is 398 g/mol. The Bertz CT molecular complexity index is 616. The summed E-state index contributed by atoms with van der Waals surface area (Å²) >= 11 is -0.826. The van der Waals surface area contributed by atoms with Gasteiger partial charge in [0.2, 0.25) is 0 Å². The Balaban J connectivity index is 0.000000745. The molecule has 2 aromatic carbocycles. The molecule has 0 aliphatic heterocycles. The summed E-state index contributed by atoms with van der Waals surface area (Å²) in [6.45, 7) is 1.87. The van der Waals surface area contributed by atoms with E-state index in [0.717, 1.165) is 22.5 Å². The number of nitrogens with zero attached hydrogens (tertiary/aromatic N) is 2. The number of aromatic hydroxyl groups is 1. The van der Waals surface area contributed by atoms with Gasteiger partial charge in [-0.25, -0.2) is 0 Å². The summed E-state index contributed by atoms with van der Waals surface area (Å²) in [5, 5.41) is 9.89. The Morgan fingerprint density at radius 2 is 1.68 bits per heavy atom. The first-order valence-corrected chi connectivity index (χ1v) is 12.9. The Labute approximate surface area is 150 Å². The zero-order chi connectivity index (χ0) is 16.5. The van der Waals surface area contributed by atoms with E-state index < -0.39 is 20.8 Å². The molecule has 116 valence electrons. The molecule has 6 heteroatoms. The van der Waals surface area contributed by atoms with Gasteiger partial charge < -0.3 is 10.0 Å². The van der Waals surface area contributed by atoms with Crippen LogP contribution in [0.2, 0.25) is 0 Å². The molecule has 0 amide bonds. The van der Waals surface area contributed by atoms with E-state index in [1.54, 1.807) is 6.21 Å². The minimum absolute atomic E-state index is 0.288. The third-order valence-corrected chi connectivity index (χ3v) is 2.99. The summed E-state index contributed by atoms with van der Waals surface area (Å²) in [6, 6.07) is 13.6. The zero-order valence-corrected chi connectivity index (χ0v) is 16.7. The van der Waals surface area contributed by atoms with E-state index in [1.807, 2.05) is 68.4 Å². The van der Waals surface area contributed by atoms with Crippen LogP contribution in [-0.4, -0.2) is 25.4 Å². The molecule has 2 aromatic rings. The van der Waals surface area contributed by atoms with Crippen molar-refractivity contribution in [2.45, 2.75) is 6.92 Å². The Morgan fingerprint density at radius 3 is 2.23 bits per heavy atom. The third kappa shape index (κ3) is 6.12. The van der Waals surface area contributed by atoms with E-state index in [0.29, 0.717) is 0 Å². The van der Waals surface area contributed by atoms with Gasteiger partial charge in [0.05, 0.1) is 5.69 Å². The maximum absolute atomic E-state index is 9.89. The van der Waals surface area contributed by atoms with Gasteiger partial charge in [-0.3, -0.25) is 4.99 Å². The van der Waals surface area contributed by atoms with Crippen molar-refractivity contribution < 1.29 is 26.0 Å². The Kier molecular flexibility index (Phi) is 8.77. The molecule has 2 rings (SSSR count). The molecular formula is C16H18Cl2N2OZr. The van der Waals surface area contributed by atoms with Gasteiger partial charge in [-0.1, -0.05) is 12.1 Å². The number of hydrogen-bond donors (Lipinski definition) is 1. The molecule has 0 unspecified atom stereocenters. The molecule has 0 saturated carbocycles. The number of benzene rings is 2. The molecule has 0 heterocycles. The number of aliphatic imine (C=N–C) groups is 1. The first-order valence-electron chi connectivity index (χ1n) is 6.56. The van der Waals surface area contributed by atoms with Gasteiger partial charge in [-0.05, 0) is 42.8 Å². The van der Waals surface area contributed by atoms with Crippen LogP contribution in [0, 0.1) is 6.92 Å². The molecule has 22 heavy (non-hydrogen) atoms. The van der Waals surface area contributed by atoms with Crippen molar-refractivity contribution in [3.8, 4) is 5.75 Å². The second-order valence-electron chi connectivity index (χ2n) is 4.75. The first kappa shape index (κ1) is 19.2. The van der Waals surface area contributed by atoms with Gasteiger partial charge >= 0.3 is 37.9 Å². The van der Waals surface area contributed by atoms with Gasteiger partial charge in [0.25, 0.3) is 0 Å². The van der Waals surface area contributed by atoms with Crippen LogP contribution in [0.15, 0.2) is 47.5 Å². The van der Waals surface area contributed by atoms with Crippen molar-refractivity contribution in [2.75, 3.05) is 19.0 Å². The SMILES string of the molecule is Cc1cccc(C=Nc2ccc(N(C)C)cc2)c1O.[Cl][Zr][Cl]. The van der Waals surface area contributed by atoms with Crippen LogP contribution in [0.4, 0.5) is 11.4 Å². The molecule has 0 spiro atoms. The molecule has 0 aromatic heterocycles. The monoisotopic (exact) mass is 414 g/mol. The maximum atomic E-state index is 9.89. The summed E-state index contributed by atoms with van der Waals surface area (Å²) in [5.74, 6) is 0.288. The number of para-hydroxylation sites is 1. The molecule has 0 atom stereocenters. The zero-order valence-electron chi connectivity index (χ0n) is 12.7. The summed E-state index contributed by atoms with van der Waals surface area (Å²) < 4.78 is 0. The standard InChI is InChI=1S/C16H18N2O.2ClH.Zr/c1-12-5-4-6-13(16(12)19)11-17-14-7-9-15(10-8-14)18(2)3;;;/h4-11,19H,1-3H3;2*1H;/q;;;+2/p-2. The summed E-state index contributed by atoms with van der Waals surface area (Å²) in [4.78, 5) is 6.42. The van der Waals surface area contributed by atoms with E-state index in [-0.39, 0.29) is 5.75 Å². The van der Waals surface area contributed by atoms with Crippen LogP contribution >= 0.6 is 17.0 Å². The first-order chi connectivity index (χ1) is 10.5. The molecule has 0 aliphatic carbocycles. The van der Waals surface area contributed by atoms with Crippen molar-refractivity contribution in [1.82, 2.24) is 0 Å². The Hall–Kier alpha value is -0.827. The number of rotatable bonds is 3. The van der Waals surface area contributed by atoms with E-state index in [9.17, 15) is 5.11 Å². The number of phenolic OH excluding ortho intramolecular Hbond substituents is 1. The second kappa shape index (κ2) is 10.0. The van der Waals surface area contributed by atoms with Gasteiger partial charge in [0.15, 0.2) is 0 Å². The number of halogens is 2. The molecule has 0 radical (unpaired) electrons. The van der Waals surface area contributed by atoms with Crippen LogP contribution in [0.1, 0.15) is 11.1 Å². The fourth-order valence-electron chi connectivity index (χ4n) is 1.77. The van der Waals surface area contributed by atoms with Crippen LogP contribution in [0.5, 0.6) is 5.75 Å². The number of anilines is 1. The number of aryl methyl sites for hydroxylation is 1. The molecule has 3 nitrogen and oxygen atoms in total. The van der Waals surface area contributed by atoms with E-state index in [1.165, 1.54) is 0 Å². The van der Waals surface area contributed by atoms with Gasteiger partial charge in [-0.15, -0.1) is 0 Å². The third-order valence-electron chi connectivity index (χ3n) is 2.99. The van der Waals surface area contributed by atoms with Crippen molar-refractivity contribution >= 4 is 34.6 Å². The normalized spacial score (nSPS) is 10.0. The van der Waals surface area contributed by atoms with E-state index in [4.69, 9.17) is 17.0 Å². The van der Waals surface area contributed by atoms with Crippen molar-refractivity contribution in [2.24, 2.45) is 4.99 Å². The van der Waals surface area contributed by atoms with Crippen LogP contribution in [0.3, 0.4) is 0 Å². The van der Waals surface area contributed by atoms with Crippen molar-refractivity contribution in [3.63, 3.8) is 0 Å². The molecule has 0 fully saturated rings. The average Bonchev–Trinajstić information content (AvgIpc) is 2.50. The predicted octanol–water partition coefficient (Wildman–Crippen LogP) is 4.89. The Morgan fingerprint density at radius 1 is 1.09 bits per heavy atom. The van der Waals surface area contributed by atoms with Crippen LogP contribution in [0.25, 0.3) is 0 Å². The van der Waals surface area contributed by atoms with Crippen LogP contribution in [-0.2, 0) is 20.8 Å². The van der Waals surface area contributed by atoms with E-state index >= 15 is 0 Å². The summed E-state index contributed by atoms with van der Waals surface area (Å²) in [7, 11) is 13.9. The quantitative estimate of drug-likeness (QED) is 0.723. The predicted molar refractivity (Wildman–Crippen MR) is 92.6 cm³/mol. The van der Waals surface area contributed by atoms with Gasteiger partial charge in [0.1, 0.15) is 5.75 Å². The molecule has 0 saturated heterocycles. The fourth-order valence-corrected chi connectivity index (χ4v) is 1.77.